The van der Waals surface area contributed by atoms with Crippen LogP contribution in [0.1, 0.15) is 30.5 Å². The molecule has 3 heterocycles. The van der Waals surface area contributed by atoms with Gasteiger partial charge in [0, 0.05) is 38.5 Å². The fraction of sp³-hybridized carbons (Fsp3) is 0.421. The maximum atomic E-state index is 12.6. The average molecular weight is 370 g/mol. The molecular formula is C19H22N4O4. The third-order valence-corrected chi connectivity index (χ3v) is 4.70. The SMILES string of the molecule is Cc1cc2n(n1)CCCN2C(=O)CCC(=O)NCc1ccc2c(c1)OCO2. The number of carbonyl (C=O) groups excluding carboxylic acids is 2. The van der Waals surface area contributed by atoms with Crippen LogP contribution in [0.15, 0.2) is 24.3 Å². The van der Waals surface area contributed by atoms with E-state index in [2.05, 4.69) is 10.4 Å². The number of hydrogen-bond donors (Lipinski definition) is 1. The van der Waals surface area contributed by atoms with Crippen molar-refractivity contribution in [3.8, 4) is 11.5 Å². The number of aromatic nitrogens is 2. The highest BCUT2D eigenvalue weighted by atomic mass is 16.7. The number of carbonyl (C=O) groups is 2. The number of benzene rings is 1. The van der Waals surface area contributed by atoms with E-state index in [1.807, 2.05) is 35.9 Å². The van der Waals surface area contributed by atoms with Gasteiger partial charge in [0.15, 0.2) is 11.5 Å². The summed E-state index contributed by atoms with van der Waals surface area (Å²) in [6.45, 7) is 4.02. The summed E-state index contributed by atoms with van der Waals surface area (Å²) in [5.74, 6) is 2.03. The van der Waals surface area contributed by atoms with Gasteiger partial charge in [-0.2, -0.15) is 5.10 Å². The minimum absolute atomic E-state index is 0.0471. The molecule has 1 aromatic carbocycles. The lowest BCUT2D eigenvalue weighted by Gasteiger charge is -2.27. The maximum absolute atomic E-state index is 12.6. The van der Waals surface area contributed by atoms with E-state index in [0.29, 0.717) is 24.6 Å². The minimum atomic E-state index is -0.150. The molecule has 0 bridgehead atoms. The molecule has 2 aliphatic heterocycles. The first kappa shape index (κ1) is 17.4. The van der Waals surface area contributed by atoms with Crippen LogP contribution in [0.5, 0.6) is 11.5 Å². The van der Waals surface area contributed by atoms with Crippen LogP contribution in [0.25, 0.3) is 0 Å². The number of amides is 2. The minimum Gasteiger partial charge on any atom is -0.454 e. The molecule has 142 valence electrons. The van der Waals surface area contributed by atoms with Gasteiger partial charge in [0.25, 0.3) is 0 Å². The van der Waals surface area contributed by atoms with Crippen LogP contribution in [-0.4, -0.2) is 34.9 Å². The standard InChI is InChI=1S/C19H22N4O4/c1-13-9-18-22(7-2-8-23(18)21-13)19(25)6-5-17(24)20-11-14-3-4-15-16(10-14)27-12-26-15/h3-4,9-10H,2,5-8,11-12H2,1H3,(H,20,24). The zero-order valence-corrected chi connectivity index (χ0v) is 15.2. The van der Waals surface area contributed by atoms with Crippen LogP contribution >= 0.6 is 0 Å². The van der Waals surface area contributed by atoms with Crippen molar-refractivity contribution in [3.05, 3.63) is 35.5 Å². The van der Waals surface area contributed by atoms with E-state index in [9.17, 15) is 9.59 Å². The summed E-state index contributed by atoms with van der Waals surface area (Å²) in [7, 11) is 0. The van der Waals surface area contributed by atoms with E-state index in [1.54, 1.807) is 4.90 Å². The summed E-state index contributed by atoms with van der Waals surface area (Å²) in [4.78, 5) is 26.4. The normalized spacial score (nSPS) is 14.8. The molecule has 27 heavy (non-hydrogen) atoms. The molecule has 8 nitrogen and oxygen atoms in total. The third kappa shape index (κ3) is 3.74. The largest absolute Gasteiger partial charge is 0.454 e. The van der Waals surface area contributed by atoms with Crippen molar-refractivity contribution < 1.29 is 19.1 Å². The topological polar surface area (TPSA) is 85.7 Å². The Kier molecular flexibility index (Phi) is 4.70. The Morgan fingerprint density at radius 3 is 2.89 bits per heavy atom. The first-order valence-electron chi connectivity index (χ1n) is 9.10. The Labute approximate surface area is 157 Å². The molecule has 1 N–H and O–H groups in total. The van der Waals surface area contributed by atoms with E-state index in [4.69, 9.17) is 9.47 Å². The number of ether oxygens (including phenoxy) is 2. The second-order valence-corrected chi connectivity index (χ2v) is 6.73. The van der Waals surface area contributed by atoms with E-state index in [1.165, 1.54) is 0 Å². The molecular weight excluding hydrogens is 348 g/mol. The zero-order chi connectivity index (χ0) is 18.8. The summed E-state index contributed by atoms with van der Waals surface area (Å²) in [6, 6.07) is 7.48. The molecule has 0 unspecified atom stereocenters. The summed E-state index contributed by atoms with van der Waals surface area (Å²) >= 11 is 0. The Morgan fingerprint density at radius 1 is 1.15 bits per heavy atom. The van der Waals surface area contributed by atoms with Gasteiger partial charge in [-0.25, -0.2) is 4.68 Å². The van der Waals surface area contributed by atoms with Gasteiger partial charge in [-0.05, 0) is 31.0 Å². The summed E-state index contributed by atoms with van der Waals surface area (Å²) in [5, 5.41) is 7.24. The van der Waals surface area contributed by atoms with Crippen LogP contribution in [-0.2, 0) is 22.7 Å². The highest BCUT2D eigenvalue weighted by Gasteiger charge is 2.24. The molecule has 2 aliphatic rings. The zero-order valence-electron chi connectivity index (χ0n) is 15.2. The fourth-order valence-corrected chi connectivity index (χ4v) is 3.35. The van der Waals surface area contributed by atoms with Crippen LogP contribution in [0.3, 0.4) is 0 Å². The van der Waals surface area contributed by atoms with Gasteiger partial charge in [-0.15, -0.1) is 0 Å². The molecule has 2 aromatic rings. The van der Waals surface area contributed by atoms with E-state index in [-0.39, 0.29) is 31.4 Å². The maximum Gasteiger partial charge on any atom is 0.231 e. The van der Waals surface area contributed by atoms with Crippen LogP contribution in [0.4, 0.5) is 5.82 Å². The first-order chi connectivity index (χ1) is 13.1. The average Bonchev–Trinajstić information content (AvgIpc) is 3.28. The molecule has 0 spiro atoms. The van der Waals surface area contributed by atoms with E-state index < -0.39 is 0 Å². The van der Waals surface area contributed by atoms with E-state index in [0.717, 1.165) is 30.0 Å². The Morgan fingerprint density at radius 2 is 2.00 bits per heavy atom. The van der Waals surface area contributed by atoms with Crippen LogP contribution < -0.4 is 19.7 Å². The van der Waals surface area contributed by atoms with Crippen molar-refractivity contribution in [1.82, 2.24) is 15.1 Å². The molecule has 0 aliphatic carbocycles. The predicted molar refractivity (Wildman–Crippen MR) is 97.6 cm³/mol. The van der Waals surface area contributed by atoms with Crippen molar-refractivity contribution >= 4 is 17.6 Å². The molecule has 8 heteroatoms. The third-order valence-electron chi connectivity index (χ3n) is 4.70. The highest BCUT2D eigenvalue weighted by Crippen LogP contribution is 2.32. The lowest BCUT2D eigenvalue weighted by Crippen LogP contribution is -2.38. The van der Waals surface area contributed by atoms with Crippen LogP contribution in [0, 0.1) is 6.92 Å². The van der Waals surface area contributed by atoms with Gasteiger partial charge in [-0.1, -0.05) is 6.07 Å². The van der Waals surface area contributed by atoms with Gasteiger partial charge in [-0.3, -0.25) is 14.5 Å². The number of hydrogen-bond acceptors (Lipinski definition) is 5. The van der Waals surface area contributed by atoms with Crippen molar-refractivity contribution in [1.29, 1.82) is 0 Å². The molecule has 0 radical (unpaired) electrons. The molecule has 0 fully saturated rings. The Hall–Kier alpha value is -3.03. The second kappa shape index (κ2) is 7.30. The lowest BCUT2D eigenvalue weighted by molar-refractivity contribution is -0.125. The molecule has 4 rings (SSSR count). The predicted octanol–water partition coefficient (Wildman–Crippen LogP) is 1.75. The van der Waals surface area contributed by atoms with Gasteiger partial charge < -0.3 is 14.8 Å². The smallest absolute Gasteiger partial charge is 0.231 e. The van der Waals surface area contributed by atoms with Crippen molar-refractivity contribution in [2.24, 2.45) is 0 Å². The monoisotopic (exact) mass is 370 g/mol. The summed E-state index contributed by atoms with van der Waals surface area (Å²) in [6.07, 6.45) is 1.21. The number of anilines is 1. The highest BCUT2D eigenvalue weighted by molar-refractivity contribution is 5.95. The second-order valence-electron chi connectivity index (χ2n) is 6.73. The van der Waals surface area contributed by atoms with Crippen LogP contribution in [0.2, 0.25) is 0 Å². The van der Waals surface area contributed by atoms with Gasteiger partial charge in [0.2, 0.25) is 18.6 Å². The van der Waals surface area contributed by atoms with Gasteiger partial charge in [0.1, 0.15) is 5.82 Å². The first-order valence-corrected chi connectivity index (χ1v) is 9.10. The van der Waals surface area contributed by atoms with Crippen molar-refractivity contribution in [3.63, 3.8) is 0 Å². The van der Waals surface area contributed by atoms with Gasteiger partial charge >= 0.3 is 0 Å². The Bertz CT molecular complexity index is 877. The summed E-state index contributed by atoms with van der Waals surface area (Å²) < 4.78 is 12.5. The van der Waals surface area contributed by atoms with Crippen molar-refractivity contribution in [2.45, 2.75) is 39.3 Å². The number of fused-ring (bicyclic) bond motifs is 2. The fourth-order valence-electron chi connectivity index (χ4n) is 3.35. The molecule has 0 saturated heterocycles. The number of rotatable bonds is 5. The number of nitrogens with one attached hydrogen (secondary N) is 1. The lowest BCUT2D eigenvalue weighted by atomic mass is 10.2. The number of aryl methyl sites for hydroxylation is 2. The summed E-state index contributed by atoms with van der Waals surface area (Å²) in [5.41, 5.74) is 1.82. The Balaban J connectivity index is 1.27. The van der Waals surface area contributed by atoms with E-state index >= 15 is 0 Å². The molecule has 0 atom stereocenters. The number of nitrogens with zero attached hydrogens (tertiary/aromatic N) is 3. The molecule has 2 amide bonds. The van der Waals surface area contributed by atoms with Crippen molar-refractivity contribution in [2.75, 3.05) is 18.2 Å². The quantitative estimate of drug-likeness (QED) is 0.867. The molecule has 1 aromatic heterocycles. The van der Waals surface area contributed by atoms with Gasteiger partial charge in [0.05, 0.1) is 5.69 Å². The molecule has 0 saturated carbocycles.